The molecule has 1 fully saturated rings. The Morgan fingerprint density at radius 1 is 1.55 bits per heavy atom. The van der Waals surface area contributed by atoms with Crippen LogP contribution in [0.15, 0.2) is 12.4 Å². The number of nitrogens with two attached hydrogens (primary N) is 1. The number of primary amides is 1. The minimum absolute atomic E-state index is 0.131. The fourth-order valence-corrected chi connectivity index (χ4v) is 2.33. The summed E-state index contributed by atoms with van der Waals surface area (Å²) < 4.78 is 4.98. The van der Waals surface area contributed by atoms with Gasteiger partial charge in [0, 0.05) is 32.8 Å². The zero-order valence-corrected chi connectivity index (χ0v) is 11.4. The standard InChI is InChI=1S/C13H18N4O3/c1-20-3-2-17-8-9(5-12(17)18)4-10-6-15-7-11(16-10)13(14)19/h6-7,9H,2-5,8H2,1H3,(H2,14,19). The third kappa shape index (κ3) is 3.51. The van der Waals surface area contributed by atoms with E-state index >= 15 is 0 Å². The zero-order valence-electron chi connectivity index (χ0n) is 11.4. The molecular formula is C13H18N4O3. The second-order valence-electron chi connectivity index (χ2n) is 4.87. The van der Waals surface area contributed by atoms with Crippen molar-refractivity contribution in [3.63, 3.8) is 0 Å². The summed E-state index contributed by atoms with van der Waals surface area (Å²) in [6.07, 6.45) is 4.06. The van der Waals surface area contributed by atoms with Gasteiger partial charge in [-0.1, -0.05) is 0 Å². The van der Waals surface area contributed by atoms with Crippen LogP contribution < -0.4 is 5.73 Å². The Bertz CT molecular complexity index is 506. The van der Waals surface area contributed by atoms with Crippen molar-refractivity contribution in [1.29, 1.82) is 0 Å². The summed E-state index contributed by atoms with van der Waals surface area (Å²) >= 11 is 0. The molecule has 108 valence electrons. The van der Waals surface area contributed by atoms with E-state index in [1.165, 1.54) is 6.20 Å². The summed E-state index contributed by atoms with van der Waals surface area (Å²) in [6, 6.07) is 0. The number of methoxy groups -OCH3 is 1. The molecule has 0 spiro atoms. The highest BCUT2D eigenvalue weighted by Gasteiger charge is 2.29. The molecule has 2 rings (SSSR count). The number of ether oxygens (including phenoxy) is 1. The molecule has 7 heteroatoms. The molecule has 1 atom stereocenters. The van der Waals surface area contributed by atoms with Crippen molar-refractivity contribution in [2.75, 3.05) is 26.8 Å². The van der Waals surface area contributed by atoms with Crippen molar-refractivity contribution in [2.45, 2.75) is 12.8 Å². The average molecular weight is 278 g/mol. The van der Waals surface area contributed by atoms with Crippen molar-refractivity contribution in [2.24, 2.45) is 11.7 Å². The molecule has 0 radical (unpaired) electrons. The predicted molar refractivity (Wildman–Crippen MR) is 70.8 cm³/mol. The van der Waals surface area contributed by atoms with Crippen LogP contribution in [0.4, 0.5) is 0 Å². The molecule has 1 aliphatic rings. The normalized spacial score (nSPS) is 18.6. The first-order valence-electron chi connectivity index (χ1n) is 6.47. The summed E-state index contributed by atoms with van der Waals surface area (Å²) in [5.74, 6) is -0.272. The lowest BCUT2D eigenvalue weighted by Crippen LogP contribution is -2.29. The molecule has 20 heavy (non-hydrogen) atoms. The van der Waals surface area contributed by atoms with E-state index in [2.05, 4.69) is 9.97 Å². The van der Waals surface area contributed by atoms with Crippen LogP contribution in [0.5, 0.6) is 0 Å². The van der Waals surface area contributed by atoms with E-state index in [0.29, 0.717) is 38.2 Å². The Morgan fingerprint density at radius 2 is 2.35 bits per heavy atom. The molecule has 0 bridgehead atoms. The monoisotopic (exact) mass is 278 g/mol. The van der Waals surface area contributed by atoms with Gasteiger partial charge < -0.3 is 15.4 Å². The van der Waals surface area contributed by atoms with Crippen LogP contribution in [0, 0.1) is 5.92 Å². The number of rotatable bonds is 6. The lowest BCUT2D eigenvalue weighted by Gasteiger charge is -2.15. The lowest BCUT2D eigenvalue weighted by molar-refractivity contribution is -0.128. The Labute approximate surface area is 117 Å². The fraction of sp³-hybridized carbons (Fsp3) is 0.538. The van der Waals surface area contributed by atoms with E-state index in [-0.39, 0.29) is 17.5 Å². The van der Waals surface area contributed by atoms with Gasteiger partial charge in [0.15, 0.2) is 0 Å². The summed E-state index contributed by atoms with van der Waals surface area (Å²) in [5, 5.41) is 0. The van der Waals surface area contributed by atoms with Gasteiger partial charge in [-0.25, -0.2) is 4.98 Å². The van der Waals surface area contributed by atoms with Gasteiger partial charge in [-0.2, -0.15) is 0 Å². The maximum absolute atomic E-state index is 11.8. The largest absolute Gasteiger partial charge is 0.383 e. The first kappa shape index (κ1) is 14.4. The van der Waals surface area contributed by atoms with Gasteiger partial charge in [0.1, 0.15) is 5.69 Å². The van der Waals surface area contributed by atoms with Crippen LogP contribution in [-0.2, 0) is 16.0 Å². The van der Waals surface area contributed by atoms with Gasteiger partial charge in [-0.05, 0) is 12.3 Å². The molecule has 0 aliphatic carbocycles. The van der Waals surface area contributed by atoms with E-state index < -0.39 is 5.91 Å². The van der Waals surface area contributed by atoms with Crippen LogP contribution >= 0.6 is 0 Å². The quantitative estimate of drug-likeness (QED) is 0.764. The number of nitrogens with zero attached hydrogens (tertiary/aromatic N) is 3. The maximum Gasteiger partial charge on any atom is 0.268 e. The van der Waals surface area contributed by atoms with Crippen molar-refractivity contribution in [3.05, 3.63) is 23.8 Å². The second kappa shape index (κ2) is 6.42. The number of carbonyl (C=O) groups excluding carboxylic acids is 2. The lowest BCUT2D eigenvalue weighted by atomic mass is 10.0. The molecule has 2 heterocycles. The SMILES string of the molecule is COCCN1CC(Cc2cncc(C(N)=O)n2)CC1=O. The van der Waals surface area contributed by atoms with Crippen molar-refractivity contribution >= 4 is 11.8 Å². The van der Waals surface area contributed by atoms with Crippen LogP contribution in [0.2, 0.25) is 0 Å². The molecule has 7 nitrogen and oxygen atoms in total. The smallest absolute Gasteiger partial charge is 0.268 e. The molecule has 1 aromatic heterocycles. The van der Waals surface area contributed by atoms with E-state index in [1.807, 2.05) is 0 Å². The van der Waals surface area contributed by atoms with Gasteiger partial charge >= 0.3 is 0 Å². The van der Waals surface area contributed by atoms with E-state index in [9.17, 15) is 9.59 Å². The highest BCUT2D eigenvalue weighted by Crippen LogP contribution is 2.20. The fourth-order valence-electron chi connectivity index (χ4n) is 2.33. The summed E-state index contributed by atoms with van der Waals surface area (Å²) in [5.41, 5.74) is 6.02. The highest BCUT2D eigenvalue weighted by molar-refractivity contribution is 5.90. The second-order valence-corrected chi connectivity index (χ2v) is 4.87. The minimum Gasteiger partial charge on any atom is -0.383 e. The highest BCUT2D eigenvalue weighted by atomic mass is 16.5. The third-order valence-electron chi connectivity index (χ3n) is 3.29. The van der Waals surface area contributed by atoms with Gasteiger partial charge in [0.05, 0.1) is 18.5 Å². The first-order chi connectivity index (χ1) is 9.60. The van der Waals surface area contributed by atoms with Gasteiger partial charge in [-0.3, -0.25) is 14.6 Å². The Hall–Kier alpha value is -2.02. The molecule has 2 amide bonds. The molecule has 0 aromatic carbocycles. The Balaban J connectivity index is 1.96. The van der Waals surface area contributed by atoms with Crippen LogP contribution in [0.1, 0.15) is 22.6 Å². The molecule has 1 aliphatic heterocycles. The van der Waals surface area contributed by atoms with E-state index in [0.717, 1.165) is 0 Å². The molecule has 1 unspecified atom stereocenters. The van der Waals surface area contributed by atoms with Crippen molar-refractivity contribution in [1.82, 2.24) is 14.9 Å². The van der Waals surface area contributed by atoms with E-state index in [1.54, 1.807) is 18.2 Å². The third-order valence-corrected chi connectivity index (χ3v) is 3.29. The molecular weight excluding hydrogens is 260 g/mol. The maximum atomic E-state index is 11.8. The number of likely N-dealkylation sites (tertiary alicyclic amines) is 1. The van der Waals surface area contributed by atoms with Crippen molar-refractivity contribution < 1.29 is 14.3 Å². The molecule has 2 N–H and O–H groups in total. The van der Waals surface area contributed by atoms with Gasteiger partial charge in [-0.15, -0.1) is 0 Å². The zero-order chi connectivity index (χ0) is 14.5. The Kier molecular flexibility index (Phi) is 4.62. The first-order valence-corrected chi connectivity index (χ1v) is 6.47. The molecule has 1 aromatic rings. The number of carbonyl (C=O) groups is 2. The number of aromatic nitrogens is 2. The number of amides is 2. The van der Waals surface area contributed by atoms with Crippen LogP contribution in [0.25, 0.3) is 0 Å². The summed E-state index contributed by atoms with van der Waals surface area (Å²) in [4.78, 5) is 32.8. The van der Waals surface area contributed by atoms with Gasteiger partial charge in [0.2, 0.25) is 5.91 Å². The van der Waals surface area contributed by atoms with Crippen LogP contribution in [-0.4, -0.2) is 53.5 Å². The predicted octanol–water partition coefficient (Wildman–Crippen LogP) is -0.387. The van der Waals surface area contributed by atoms with Crippen LogP contribution in [0.3, 0.4) is 0 Å². The molecule has 1 saturated heterocycles. The Morgan fingerprint density at radius 3 is 3.05 bits per heavy atom. The topological polar surface area (TPSA) is 98.4 Å². The minimum atomic E-state index is -0.594. The van der Waals surface area contributed by atoms with Gasteiger partial charge in [0.25, 0.3) is 5.91 Å². The summed E-state index contributed by atoms with van der Waals surface area (Å²) in [7, 11) is 1.61. The summed E-state index contributed by atoms with van der Waals surface area (Å²) in [6.45, 7) is 1.83. The average Bonchev–Trinajstić information content (AvgIpc) is 2.76. The molecule has 0 saturated carbocycles. The number of hydrogen-bond donors (Lipinski definition) is 1. The van der Waals surface area contributed by atoms with E-state index in [4.69, 9.17) is 10.5 Å². The number of hydrogen-bond acceptors (Lipinski definition) is 5. The van der Waals surface area contributed by atoms with Crippen molar-refractivity contribution in [3.8, 4) is 0 Å².